The smallest absolute Gasteiger partial charge is 0.332 e. The number of urea groups is 2. The standard InChI is InChI=1S/C26H23Cl2N5O5/c1-30-24(37)33(19-10-17(27)9-18(28)11-19)23(36)26(30)14-31(25(38)32-8-2-3-21(32)22(34)35)13-20(26)16-6-4-15(12-29)5-7-16/h4-7,9-11,20-21H,2-3,8,13-14H2,1H3,(H,34,35). The number of carboxylic acids is 1. The minimum absolute atomic E-state index is 0.0705. The number of imide groups is 1. The van der Waals surface area contributed by atoms with Crippen LogP contribution in [0, 0.1) is 11.3 Å². The van der Waals surface area contributed by atoms with Crippen molar-refractivity contribution in [1.29, 1.82) is 5.26 Å². The summed E-state index contributed by atoms with van der Waals surface area (Å²) in [7, 11) is 1.51. The van der Waals surface area contributed by atoms with Gasteiger partial charge in [0.05, 0.1) is 23.9 Å². The van der Waals surface area contributed by atoms with Crippen LogP contribution in [0.3, 0.4) is 0 Å². The van der Waals surface area contributed by atoms with E-state index in [0.717, 1.165) is 4.90 Å². The first-order chi connectivity index (χ1) is 18.1. The minimum Gasteiger partial charge on any atom is -0.480 e. The lowest BCUT2D eigenvalue weighted by Gasteiger charge is -2.34. The number of nitrogens with zero attached hydrogens (tertiary/aromatic N) is 5. The van der Waals surface area contributed by atoms with Crippen LogP contribution < -0.4 is 4.90 Å². The number of carbonyl (C=O) groups is 4. The van der Waals surface area contributed by atoms with Gasteiger partial charge in [-0.1, -0.05) is 35.3 Å². The third kappa shape index (κ3) is 3.94. The molecule has 3 heterocycles. The second-order valence-corrected chi connectivity index (χ2v) is 10.5. The number of amides is 5. The Morgan fingerprint density at radius 3 is 2.37 bits per heavy atom. The Kier molecular flexibility index (Phi) is 6.45. The Labute approximate surface area is 228 Å². The summed E-state index contributed by atoms with van der Waals surface area (Å²) in [5.74, 6) is -2.28. The average Bonchev–Trinajstić information content (AvgIpc) is 3.57. The SMILES string of the molecule is CN1C(=O)N(c2cc(Cl)cc(Cl)c2)C(=O)C12CN(C(=O)N1CCCC1C(=O)O)CC2c1ccc(C#N)cc1. The molecule has 38 heavy (non-hydrogen) atoms. The zero-order valence-electron chi connectivity index (χ0n) is 20.3. The molecule has 3 fully saturated rings. The first kappa shape index (κ1) is 25.8. The molecular weight excluding hydrogens is 533 g/mol. The maximum absolute atomic E-state index is 14.2. The maximum atomic E-state index is 14.2. The van der Waals surface area contributed by atoms with Crippen molar-refractivity contribution in [2.24, 2.45) is 0 Å². The van der Waals surface area contributed by atoms with E-state index in [9.17, 15) is 29.5 Å². The topological polar surface area (TPSA) is 125 Å². The fourth-order valence-electron chi connectivity index (χ4n) is 5.79. The molecule has 196 valence electrons. The van der Waals surface area contributed by atoms with E-state index >= 15 is 0 Å². The van der Waals surface area contributed by atoms with Gasteiger partial charge in [-0.25, -0.2) is 19.3 Å². The highest BCUT2D eigenvalue weighted by Crippen LogP contribution is 2.47. The van der Waals surface area contributed by atoms with Gasteiger partial charge in [-0.3, -0.25) is 4.79 Å². The molecule has 0 aromatic heterocycles. The third-order valence-electron chi connectivity index (χ3n) is 7.66. The molecule has 5 amide bonds. The monoisotopic (exact) mass is 555 g/mol. The van der Waals surface area contributed by atoms with Crippen LogP contribution in [-0.2, 0) is 9.59 Å². The molecule has 0 bridgehead atoms. The van der Waals surface area contributed by atoms with Crippen molar-refractivity contribution in [3.63, 3.8) is 0 Å². The van der Waals surface area contributed by atoms with E-state index in [4.69, 9.17) is 23.2 Å². The second-order valence-electron chi connectivity index (χ2n) is 9.67. The van der Waals surface area contributed by atoms with Gasteiger partial charge in [0.15, 0.2) is 0 Å². The van der Waals surface area contributed by atoms with Gasteiger partial charge in [0.2, 0.25) is 0 Å². The molecule has 3 aliphatic heterocycles. The number of carboxylic acid groups (broad SMARTS) is 1. The summed E-state index contributed by atoms with van der Waals surface area (Å²) in [5, 5.41) is 19.3. The summed E-state index contributed by atoms with van der Waals surface area (Å²) in [6.45, 7) is 0.225. The van der Waals surface area contributed by atoms with Crippen LogP contribution in [0.2, 0.25) is 10.0 Å². The number of likely N-dealkylation sites (tertiary alicyclic amines) is 2. The van der Waals surface area contributed by atoms with Crippen LogP contribution in [0.4, 0.5) is 15.3 Å². The Balaban J connectivity index is 1.58. The highest BCUT2D eigenvalue weighted by Gasteiger charge is 2.65. The van der Waals surface area contributed by atoms with E-state index in [1.54, 1.807) is 24.3 Å². The predicted octanol–water partition coefficient (Wildman–Crippen LogP) is 3.77. The van der Waals surface area contributed by atoms with Crippen LogP contribution >= 0.6 is 23.2 Å². The third-order valence-corrected chi connectivity index (χ3v) is 8.10. The highest BCUT2D eigenvalue weighted by molar-refractivity contribution is 6.35. The van der Waals surface area contributed by atoms with Crippen LogP contribution in [0.1, 0.15) is 29.9 Å². The Hall–Kier alpha value is -3.81. The highest BCUT2D eigenvalue weighted by atomic mass is 35.5. The summed E-state index contributed by atoms with van der Waals surface area (Å²) in [6.07, 6.45) is 0.904. The number of carbonyl (C=O) groups excluding carboxylic acids is 3. The lowest BCUT2D eigenvalue weighted by molar-refractivity contribution is -0.141. The molecule has 3 unspecified atom stereocenters. The quantitative estimate of drug-likeness (QED) is 0.574. The van der Waals surface area contributed by atoms with E-state index in [1.807, 2.05) is 0 Å². The van der Waals surface area contributed by atoms with Gasteiger partial charge in [-0.05, 0) is 48.7 Å². The molecule has 0 saturated carbocycles. The van der Waals surface area contributed by atoms with Crippen molar-refractivity contribution in [2.45, 2.75) is 30.3 Å². The summed E-state index contributed by atoms with van der Waals surface area (Å²) in [5.41, 5.74) is -0.189. The van der Waals surface area contributed by atoms with Crippen LogP contribution in [0.25, 0.3) is 0 Å². The number of rotatable bonds is 3. The number of halogens is 2. The zero-order valence-corrected chi connectivity index (χ0v) is 21.8. The number of likely N-dealkylation sites (N-methyl/N-ethyl adjacent to an activating group) is 1. The number of aliphatic carboxylic acids is 1. The fraction of sp³-hybridized carbons (Fsp3) is 0.346. The molecule has 3 atom stereocenters. The summed E-state index contributed by atoms with van der Waals surface area (Å²) >= 11 is 12.3. The van der Waals surface area contributed by atoms with Gasteiger partial charge in [-0.2, -0.15) is 5.26 Å². The molecule has 0 radical (unpaired) electrons. The van der Waals surface area contributed by atoms with Crippen LogP contribution in [0.5, 0.6) is 0 Å². The van der Waals surface area contributed by atoms with Gasteiger partial charge in [0, 0.05) is 36.1 Å². The van der Waals surface area contributed by atoms with E-state index < -0.39 is 41.4 Å². The van der Waals surface area contributed by atoms with Gasteiger partial charge in [0.25, 0.3) is 5.91 Å². The number of benzene rings is 2. The number of hydrogen-bond acceptors (Lipinski definition) is 5. The normalized spacial score (nSPS) is 25.0. The van der Waals surface area contributed by atoms with E-state index in [1.165, 1.54) is 39.9 Å². The first-order valence-electron chi connectivity index (χ1n) is 12.0. The van der Waals surface area contributed by atoms with Crippen molar-refractivity contribution >= 4 is 52.8 Å². The lowest BCUT2D eigenvalue weighted by Crippen LogP contribution is -2.55. The van der Waals surface area contributed by atoms with Crippen LogP contribution in [-0.4, -0.2) is 82.0 Å². The maximum Gasteiger partial charge on any atom is 0.332 e. The van der Waals surface area contributed by atoms with Crippen molar-refractivity contribution in [1.82, 2.24) is 14.7 Å². The number of nitriles is 1. The lowest BCUT2D eigenvalue weighted by atomic mass is 9.80. The average molecular weight is 556 g/mol. The largest absolute Gasteiger partial charge is 0.480 e. The first-order valence-corrected chi connectivity index (χ1v) is 12.7. The molecule has 2 aromatic rings. The molecule has 2 aromatic carbocycles. The Morgan fingerprint density at radius 1 is 1.11 bits per heavy atom. The van der Waals surface area contributed by atoms with Crippen molar-refractivity contribution in [3.05, 3.63) is 63.6 Å². The molecule has 10 nitrogen and oxygen atoms in total. The van der Waals surface area contributed by atoms with Crippen LogP contribution in [0.15, 0.2) is 42.5 Å². The Bertz CT molecular complexity index is 1370. The molecular formula is C26H23Cl2N5O5. The second kappa shape index (κ2) is 9.49. The van der Waals surface area contributed by atoms with E-state index in [-0.39, 0.29) is 35.4 Å². The Morgan fingerprint density at radius 2 is 1.76 bits per heavy atom. The zero-order chi connectivity index (χ0) is 27.4. The summed E-state index contributed by atoms with van der Waals surface area (Å²) < 4.78 is 0. The molecule has 1 spiro atoms. The number of anilines is 1. The van der Waals surface area contributed by atoms with Crippen molar-refractivity contribution < 1.29 is 24.3 Å². The minimum atomic E-state index is -1.48. The summed E-state index contributed by atoms with van der Waals surface area (Å²) in [6, 6.07) is 11.1. The van der Waals surface area contributed by atoms with Gasteiger partial charge < -0.3 is 19.8 Å². The van der Waals surface area contributed by atoms with Gasteiger partial charge in [0.1, 0.15) is 11.6 Å². The molecule has 3 saturated heterocycles. The number of hydrogen-bond donors (Lipinski definition) is 1. The predicted molar refractivity (Wildman–Crippen MR) is 138 cm³/mol. The fourth-order valence-corrected chi connectivity index (χ4v) is 6.30. The van der Waals surface area contributed by atoms with Gasteiger partial charge >= 0.3 is 18.0 Å². The molecule has 3 aliphatic rings. The van der Waals surface area contributed by atoms with E-state index in [2.05, 4.69) is 6.07 Å². The molecule has 0 aliphatic carbocycles. The molecule has 1 N–H and O–H groups in total. The van der Waals surface area contributed by atoms with Crippen molar-refractivity contribution in [2.75, 3.05) is 31.6 Å². The van der Waals surface area contributed by atoms with E-state index in [0.29, 0.717) is 24.0 Å². The van der Waals surface area contributed by atoms with Gasteiger partial charge in [-0.15, -0.1) is 0 Å². The summed E-state index contributed by atoms with van der Waals surface area (Å²) in [4.78, 5) is 58.2. The molecule has 12 heteroatoms. The van der Waals surface area contributed by atoms with Crippen molar-refractivity contribution in [3.8, 4) is 6.07 Å². The molecule has 5 rings (SSSR count).